The molecular weight excluding hydrogens is 438 g/mol. The highest BCUT2D eigenvalue weighted by Crippen LogP contribution is 2.42. The van der Waals surface area contributed by atoms with Gasteiger partial charge in [-0.25, -0.2) is 0 Å². The van der Waals surface area contributed by atoms with Gasteiger partial charge >= 0.3 is 0 Å². The maximum Gasteiger partial charge on any atom is 0.295 e. The van der Waals surface area contributed by atoms with Gasteiger partial charge in [0.1, 0.15) is 11.5 Å². The quantitative estimate of drug-likeness (QED) is 0.230. The van der Waals surface area contributed by atoms with E-state index in [1.165, 1.54) is 19.1 Å². The number of carbonyl (C=O) groups is 2. The molecule has 1 amide bonds. The van der Waals surface area contributed by atoms with Crippen LogP contribution in [0, 0.1) is 0 Å². The van der Waals surface area contributed by atoms with E-state index in [0.717, 1.165) is 12.8 Å². The van der Waals surface area contributed by atoms with Crippen LogP contribution in [-0.2, 0) is 14.3 Å². The smallest absolute Gasteiger partial charge is 0.295 e. The molecule has 0 aromatic heterocycles. The van der Waals surface area contributed by atoms with Gasteiger partial charge in [0, 0.05) is 19.2 Å². The van der Waals surface area contributed by atoms with Crippen molar-refractivity contribution in [2.75, 3.05) is 41.1 Å². The summed E-state index contributed by atoms with van der Waals surface area (Å²) in [5, 5.41) is 11.1. The molecule has 1 aliphatic heterocycles. The van der Waals surface area contributed by atoms with Crippen LogP contribution >= 0.6 is 0 Å². The number of ether oxygens (including phenoxy) is 4. The molecule has 2 aromatic rings. The second-order valence-electron chi connectivity index (χ2n) is 7.83. The van der Waals surface area contributed by atoms with Gasteiger partial charge in [-0.3, -0.25) is 9.59 Å². The standard InChI is InChI=1S/C26H31NO7/c1-5-6-14-34-20-12-9-18(16-21(20)33-4)23-22(25(29)26(30)27(23)13-15-31-2)24(28)17-7-10-19(32-3)11-8-17/h7-12,16,23,28H,5-6,13-15H2,1-4H3/t23-/m1/s1. The first-order valence-corrected chi connectivity index (χ1v) is 11.2. The first-order chi connectivity index (χ1) is 16.5. The van der Waals surface area contributed by atoms with Gasteiger partial charge in [0.2, 0.25) is 0 Å². The van der Waals surface area contributed by atoms with Crippen molar-refractivity contribution in [1.29, 1.82) is 0 Å². The Morgan fingerprint density at radius 1 is 0.971 bits per heavy atom. The Morgan fingerprint density at radius 2 is 1.71 bits per heavy atom. The summed E-state index contributed by atoms with van der Waals surface area (Å²) in [6, 6.07) is 11.1. The van der Waals surface area contributed by atoms with E-state index in [2.05, 4.69) is 6.92 Å². The van der Waals surface area contributed by atoms with Crippen molar-refractivity contribution in [3.63, 3.8) is 0 Å². The molecule has 182 valence electrons. The number of rotatable bonds is 11. The molecule has 1 N–H and O–H groups in total. The molecule has 8 heteroatoms. The van der Waals surface area contributed by atoms with Crippen molar-refractivity contribution in [2.45, 2.75) is 25.8 Å². The number of ketones is 1. The summed E-state index contributed by atoms with van der Waals surface area (Å²) < 4.78 is 21.7. The maximum absolute atomic E-state index is 13.1. The lowest BCUT2D eigenvalue weighted by molar-refractivity contribution is -0.140. The van der Waals surface area contributed by atoms with Crippen molar-refractivity contribution >= 4 is 17.4 Å². The summed E-state index contributed by atoms with van der Waals surface area (Å²) in [6.07, 6.45) is 1.91. The average molecular weight is 470 g/mol. The number of aliphatic hydroxyl groups is 1. The lowest BCUT2D eigenvalue weighted by Gasteiger charge is -2.25. The minimum Gasteiger partial charge on any atom is -0.507 e. The topological polar surface area (TPSA) is 94.5 Å². The number of methoxy groups -OCH3 is 3. The fraction of sp³-hybridized carbons (Fsp3) is 0.385. The second kappa shape index (κ2) is 11.6. The Hall–Kier alpha value is -3.52. The predicted molar refractivity (Wildman–Crippen MR) is 127 cm³/mol. The van der Waals surface area contributed by atoms with Crippen molar-refractivity contribution in [3.8, 4) is 17.2 Å². The summed E-state index contributed by atoms with van der Waals surface area (Å²) in [5.74, 6) is -0.0414. The van der Waals surface area contributed by atoms with Gasteiger partial charge in [-0.2, -0.15) is 0 Å². The van der Waals surface area contributed by atoms with E-state index in [-0.39, 0.29) is 24.5 Å². The van der Waals surface area contributed by atoms with Gasteiger partial charge in [0.25, 0.3) is 11.7 Å². The van der Waals surface area contributed by atoms with Crippen LogP contribution in [0.3, 0.4) is 0 Å². The van der Waals surface area contributed by atoms with E-state index < -0.39 is 17.7 Å². The number of nitrogens with zero attached hydrogens (tertiary/aromatic N) is 1. The van der Waals surface area contributed by atoms with Crippen molar-refractivity contribution in [1.82, 2.24) is 4.90 Å². The summed E-state index contributed by atoms with van der Waals surface area (Å²) >= 11 is 0. The zero-order valence-corrected chi connectivity index (χ0v) is 20.0. The Kier molecular flexibility index (Phi) is 8.54. The third kappa shape index (κ3) is 5.17. The Morgan fingerprint density at radius 3 is 2.32 bits per heavy atom. The number of Topliss-reactive ketones (excluding diaryl/α,β-unsaturated/α-hetero) is 1. The number of aliphatic hydroxyl groups excluding tert-OH is 1. The van der Waals surface area contributed by atoms with Crippen LogP contribution in [0.2, 0.25) is 0 Å². The number of likely N-dealkylation sites (tertiary alicyclic amines) is 1. The Bertz CT molecular complexity index is 1050. The molecule has 1 atom stereocenters. The predicted octanol–water partition coefficient (Wildman–Crippen LogP) is 3.95. The molecule has 1 heterocycles. The lowest BCUT2D eigenvalue weighted by atomic mass is 9.95. The largest absolute Gasteiger partial charge is 0.507 e. The van der Waals surface area contributed by atoms with Gasteiger partial charge in [-0.15, -0.1) is 0 Å². The van der Waals surface area contributed by atoms with Gasteiger partial charge in [0.15, 0.2) is 11.5 Å². The fourth-order valence-electron chi connectivity index (χ4n) is 3.85. The summed E-state index contributed by atoms with van der Waals surface area (Å²) in [7, 11) is 4.60. The highest BCUT2D eigenvalue weighted by Gasteiger charge is 2.46. The van der Waals surface area contributed by atoms with E-state index in [0.29, 0.717) is 35.0 Å². The van der Waals surface area contributed by atoms with E-state index in [1.807, 2.05) is 0 Å². The van der Waals surface area contributed by atoms with Crippen LogP contribution in [0.15, 0.2) is 48.0 Å². The SMILES string of the molecule is CCCCOc1ccc([C@@H]2C(=C(O)c3ccc(OC)cc3)C(=O)C(=O)N2CCOC)cc1OC. The number of amides is 1. The highest BCUT2D eigenvalue weighted by molar-refractivity contribution is 6.46. The van der Waals surface area contributed by atoms with Crippen LogP contribution in [-0.4, -0.2) is 62.8 Å². The number of benzene rings is 2. The minimum absolute atomic E-state index is 0.00738. The Labute approximate surface area is 199 Å². The van der Waals surface area contributed by atoms with Gasteiger partial charge in [-0.1, -0.05) is 19.4 Å². The number of unbranched alkanes of at least 4 members (excludes halogenated alkanes) is 1. The number of hydrogen-bond donors (Lipinski definition) is 1. The zero-order valence-electron chi connectivity index (χ0n) is 20.0. The molecule has 8 nitrogen and oxygen atoms in total. The minimum atomic E-state index is -0.809. The van der Waals surface area contributed by atoms with Gasteiger partial charge in [-0.05, 0) is 48.4 Å². The van der Waals surface area contributed by atoms with Gasteiger partial charge < -0.3 is 29.0 Å². The third-order valence-electron chi connectivity index (χ3n) is 5.70. The van der Waals surface area contributed by atoms with E-state index in [4.69, 9.17) is 18.9 Å². The molecular formula is C26H31NO7. The van der Waals surface area contributed by atoms with Crippen LogP contribution in [0.25, 0.3) is 5.76 Å². The van der Waals surface area contributed by atoms with Crippen LogP contribution in [0.4, 0.5) is 0 Å². The van der Waals surface area contributed by atoms with Crippen LogP contribution in [0.5, 0.6) is 17.2 Å². The van der Waals surface area contributed by atoms with E-state index >= 15 is 0 Å². The maximum atomic E-state index is 13.1. The van der Waals surface area contributed by atoms with E-state index in [9.17, 15) is 14.7 Å². The summed E-state index contributed by atoms with van der Waals surface area (Å²) in [4.78, 5) is 27.4. The van der Waals surface area contributed by atoms with Crippen molar-refractivity contribution in [2.24, 2.45) is 0 Å². The molecule has 0 radical (unpaired) electrons. The molecule has 34 heavy (non-hydrogen) atoms. The lowest BCUT2D eigenvalue weighted by Crippen LogP contribution is -2.32. The molecule has 3 rings (SSSR count). The molecule has 0 spiro atoms. The van der Waals surface area contributed by atoms with Crippen LogP contribution < -0.4 is 14.2 Å². The third-order valence-corrected chi connectivity index (χ3v) is 5.70. The molecule has 1 aliphatic rings. The fourth-order valence-corrected chi connectivity index (χ4v) is 3.85. The molecule has 0 saturated carbocycles. The van der Waals surface area contributed by atoms with Crippen molar-refractivity contribution in [3.05, 3.63) is 59.2 Å². The monoisotopic (exact) mass is 469 g/mol. The first-order valence-electron chi connectivity index (χ1n) is 11.2. The number of hydrogen-bond acceptors (Lipinski definition) is 7. The van der Waals surface area contributed by atoms with Crippen LogP contribution in [0.1, 0.15) is 36.9 Å². The Balaban J connectivity index is 2.09. The summed E-state index contributed by atoms with van der Waals surface area (Å²) in [6.45, 7) is 3.05. The average Bonchev–Trinajstić information content (AvgIpc) is 3.12. The van der Waals surface area contributed by atoms with Crippen molar-refractivity contribution < 1.29 is 33.6 Å². The molecule has 0 bridgehead atoms. The van der Waals surface area contributed by atoms with E-state index in [1.54, 1.807) is 49.6 Å². The zero-order chi connectivity index (χ0) is 24.7. The van der Waals surface area contributed by atoms with Gasteiger partial charge in [0.05, 0.1) is 39.0 Å². The number of carbonyl (C=O) groups excluding carboxylic acids is 2. The first kappa shape index (κ1) is 25.1. The second-order valence-corrected chi connectivity index (χ2v) is 7.83. The normalized spacial score (nSPS) is 17.2. The molecule has 0 unspecified atom stereocenters. The molecule has 0 aliphatic carbocycles. The highest BCUT2D eigenvalue weighted by atomic mass is 16.5. The molecule has 1 fully saturated rings. The molecule has 1 saturated heterocycles. The summed E-state index contributed by atoms with van der Waals surface area (Å²) in [5.41, 5.74) is 1.03. The molecule has 2 aromatic carbocycles.